The number of phenols is 1. The Morgan fingerprint density at radius 2 is 1.56 bits per heavy atom. The third kappa shape index (κ3) is 2.90. The highest BCUT2D eigenvalue weighted by Gasteiger charge is 2.04. The molecular weight excluding hydrogens is 248 g/mol. The van der Waals surface area contributed by atoms with E-state index in [2.05, 4.69) is 0 Å². The van der Waals surface area contributed by atoms with Gasteiger partial charge in [0.05, 0.1) is 14.2 Å². The minimum absolute atomic E-state index is 0.150. The summed E-state index contributed by atoms with van der Waals surface area (Å²) in [5.41, 5.74) is 0. The van der Waals surface area contributed by atoms with Crippen molar-refractivity contribution in [3.63, 3.8) is 0 Å². The number of aromatic hydroxyl groups is 1. The van der Waals surface area contributed by atoms with E-state index in [1.54, 1.807) is 24.9 Å². The second-order valence-electron chi connectivity index (χ2n) is 3.61. The first-order valence-corrected chi connectivity index (χ1v) is 6.23. The molecule has 0 bridgehead atoms. The summed E-state index contributed by atoms with van der Waals surface area (Å²) in [5, 5.41) is 9.52. The molecule has 0 fully saturated rings. The van der Waals surface area contributed by atoms with Gasteiger partial charge in [-0.25, -0.2) is 0 Å². The molecule has 0 heterocycles. The first-order chi connectivity index (χ1) is 8.72. The summed E-state index contributed by atoms with van der Waals surface area (Å²) in [4.78, 5) is 2.11. The minimum atomic E-state index is 0.150. The van der Waals surface area contributed by atoms with E-state index in [0.717, 1.165) is 15.5 Å². The van der Waals surface area contributed by atoms with Gasteiger partial charge in [0.2, 0.25) is 0 Å². The maximum absolute atomic E-state index is 9.52. The fourth-order valence-corrected chi connectivity index (χ4v) is 2.35. The highest BCUT2D eigenvalue weighted by molar-refractivity contribution is 7.99. The Bertz CT molecular complexity index is 523. The Kier molecular flexibility index (Phi) is 3.99. The van der Waals surface area contributed by atoms with Crippen LogP contribution in [0.15, 0.2) is 52.3 Å². The molecule has 2 rings (SSSR count). The lowest BCUT2D eigenvalue weighted by Gasteiger charge is -2.07. The Hall–Kier alpha value is -1.81. The fourth-order valence-electron chi connectivity index (χ4n) is 1.50. The third-order valence-electron chi connectivity index (χ3n) is 2.45. The average Bonchev–Trinajstić information content (AvgIpc) is 2.42. The van der Waals surface area contributed by atoms with Crippen LogP contribution >= 0.6 is 11.8 Å². The molecule has 94 valence electrons. The molecule has 0 amide bonds. The van der Waals surface area contributed by atoms with E-state index in [1.165, 1.54) is 7.11 Å². The zero-order chi connectivity index (χ0) is 13.0. The minimum Gasteiger partial charge on any atom is -0.504 e. The summed E-state index contributed by atoms with van der Waals surface area (Å²) in [6, 6.07) is 13.1. The molecule has 0 spiro atoms. The van der Waals surface area contributed by atoms with Crippen molar-refractivity contribution >= 4 is 11.8 Å². The van der Waals surface area contributed by atoms with Crippen LogP contribution in [0, 0.1) is 0 Å². The van der Waals surface area contributed by atoms with Gasteiger partial charge < -0.3 is 14.6 Å². The van der Waals surface area contributed by atoms with Crippen LogP contribution in [0.4, 0.5) is 0 Å². The quantitative estimate of drug-likeness (QED) is 0.914. The van der Waals surface area contributed by atoms with Crippen LogP contribution in [0.2, 0.25) is 0 Å². The van der Waals surface area contributed by atoms with Crippen molar-refractivity contribution in [2.45, 2.75) is 9.79 Å². The molecule has 0 radical (unpaired) electrons. The van der Waals surface area contributed by atoms with E-state index >= 15 is 0 Å². The molecule has 4 heteroatoms. The van der Waals surface area contributed by atoms with Crippen LogP contribution in [0.1, 0.15) is 0 Å². The van der Waals surface area contributed by atoms with Gasteiger partial charge in [0, 0.05) is 9.79 Å². The van der Waals surface area contributed by atoms with Gasteiger partial charge in [-0.15, -0.1) is 0 Å². The number of benzene rings is 2. The highest BCUT2D eigenvalue weighted by Crippen LogP contribution is 2.35. The summed E-state index contributed by atoms with van der Waals surface area (Å²) < 4.78 is 10.2. The van der Waals surface area contributed by atoms with Crippen molar-refractivity contribution in [2.75, 3.05) is 14.2 Å². The Morgan fingerprint density at radius 3 is 2.17 bits per heavy atom. The molecule has 0 unspecified atom stereocenters. The lowest BCUT2D eigenvalue weighted by Crippen LogP contribution is -1.84. The molecule has 18 heavy (non-hydrogen) atoms. The molecule has 2 aromatic carbocycles. The van der Waals surface area contributed by atoms with Crippen LogP contribution in [0.25, 0.3) is 0 Å². The predicted octanol–water partition coefficient (Wildman–Crippen LogP) is 3.56. The molecular formula is C14H14O3S. The van der Waals surface area contributed by atoms with Gasteiger partial charge >= 0.3 is 0 Å². The smallest absolute Gasteiger partial charge is 0.161 e. The standard InChI is InChI=1S/C14H14O3S/c1-16-10-3-5-11(6-4-10)18-12-7-8-13(15)14(9-12)17-2/h3-9,15H,1-2H3. The number of hydrogen-bond donors (Lipinski definition) is 1. The fraction of sp³-hybridized carbons (Fsp3) is 0.143. The van der Waals surface area contributed by atoms with Gasteiger partial charge in [-0.3, -0.25) is 0 Å². The average molecular weight is 262 g/mol. The van der Waals surface area contributed by atoms with Crippen molar-refractivity contribution < 1.29 is 14.6 Å². The van der Waals surface area contributed by atoms with Crippen LogP contribution in [-0.2, 0) is 0 Å². The number of phenolic OH excluding ortho intramolecular Hbond substituents is 1. The van der Waals surface area contributed by atoms with Crippen LogP contribution in [0.5, 0.6) is 17.2 Å². The lowest BCUT2D eigenvalue weighted by molar-refractivity contribution is 0.372. The lowest BCUT2D eigenvalue weighted by atomic mass is 10.3. The Morgan fingerprint density at radius 1 is 0.889 bits per heavy atom. The SMILES string of the molecule is COc1ccc(Sc2ccc(O)c(OC)c2)cc1. The van der Waals surface area contributed by atoms with E-state index < -0.39 is 0 Å². The van der Waals surface area contributed by atoms with Crippen LogP contribution in [0.3, 0.4) is 0 Å². The number of ether oxygens (including phenoxy) is 2. The van der Waals surface area contributed by atoms with E-state index in [1.807, 2.05) is 36.4 Å². The van der Waals surface area contributed by atoms with E-state index in [-0.39, 0.29) is 5.75 Å². The highest BCUT2D eigenvalue weighted by atomic mass is 32.2. The number of hydrogen-bond acceptors (Lipinski definition) is 4. The van der Waals surface area contributed by atoms with Gasteiger partial charge in [-0.2, -0.15) is 0 Å². The first kappa shape index (κ1) is 12.6. The van der Waals surface area contributed by atoms with Gasteiger partial charge in [-0.1, -0.05) is 11.8 Å². The van der Waals surface area contributed by atoms with Crippen molar-refractivity contribution in [3.8, 4) is 17.2 Å². The van der Waals surface area contributed by atoms with Crippen molar-refractivity contribution in [1.82, 2.24) is 0 Å². The van der Waals surface area contributed by atoms with Gasteiger partial charge in [0.1, 0.15) is 5.75 Å². The first-order valence-electron chi connectivity index (χ1n) is 5.42. The molecule has 0 saturated carbocycles. The molecule has 3 nitrogen and oxygen atoms in total. The predicted molar refractivity (Wildman–Crippen MR) is 71.8 cm³/mol. The van der Waals surface area contributed by atoms with Gasteiger partial charge in [-0.05, 0) is 42.5 Å². The van der Waals surface area contributed by atoms with Crippen molar-refractivity contribution in [3.05, 3.63) is 42.5 Å². The summed E-state index contributed by atoms with van der Waals surface area (Å²) in [6.45, 7) is 0. The molecule has 1 N–H and O–H groups in total. The van der Waals surface area contributed by atoms with Crippen LogP contribution in [-0.4, -0.2) is 19.3 Å². The van der Waals surface area contributed by atoms with E-state index in [9.17, 15) is 5.11 Å². The van der Waals surface area contributed by atoms with Gasteiger partial charge in [0.15, 0.2) is 11.5 Å². The maximum atomic E-state index is 9.52. The molecule has 0 aliphatic carbocycles. The molecule has 0 saturated heterocycles. The normalized spacial score (nSPS) is 10.1. The Labute approximate surface area is 110 Å². The monoisotopic (exact) mass is 262 g/mol. The number of methoxy groups -OCH3 is 2. The second-order valence-corrected chi connectivity index (χ2v) is 4.76. The van der Waals surface area contributed by atoms with Crippen molar-refractivity contribution in [1.29, 1.82) is 0 Å². The zero-order valence-corrected chi connectivity index (χ0v) is 11.0. The molecule has 0 aliphatic rings. The largest absolute Gasteiger partial charge is 0.504 e. The topological polar surface area (TPSA) is 38.7 Å². The zero-order valence-electron chi connectivity index (χ0n) is 10.2. The second kappa shape index (κ2) is 5.69. The Balaban J connectivity index is 2.17. The summed E-state index contributed by atoms with van der Waals surface area (Å²) in [5.74, 6) is 1.47. The number of rotatable bonds is 4. The maximum Gasteiger partial charge on any atom is 0.161 e. The van der Waals surface area contributed by atoms with E-state index in [4.69, 9.17) is 9.47 Å². The van der Waals surface area contributed by atoms with Gasteiger partial charge in [0.25, 0.3) is 0 Å². The molecule has 0 aliphatic heterocycles. The van der Waals surface area contributed by atoms with Crippen LogP contribution < -0.4 is 9.47 Å². The van der Waals surface area contributed by atoms with E-state index in [0.29, 0.717) is 5.75 Å². The molecule has 0 atom stereocenters. The molecule has 2 aromatic rings. The molecule has 0 aromatic heterocycles. The summed E-state index contributed by atoms with van der Waals surface area (Å²) in [7, 11) is 3.18. The van der Waals surface area contributed by atoms with Crippen molar-refractivity contribution in [2.24, 2.45) is 0 Å². The summed E-state index contributed by atoms with van der Waals surface area (Å²) in [6.07, 6.45) is 0. The third-order valence-corrected chi connectivity index (χ3v) is 3.44. The summed E-state index contributed by atoms with van der Waals surface area (Å²) >= 11 is 1.60.